The number of nitrogens with zero attached hydrogens (tertiary/aromatic N) is 1. The quantitative estimate of drug-likeness (QED) is 0.891. The molecule has 0 aliphatic carbocycles. The number of rotatable bonds is 4. The standard InChI is InChI=1S/C14H20N2O2/c1-11-5-7-13(15-10-11)16-14(17)8-6-12-4-2-3-9-18-12/h5,7,10,12H,2-4,6,8-9H2,1H3,(H,15,16,17). The average molecular weight is 248 g/mol. The third-order valence-electron chi connectivity index (χ3n) is 3.15. The molecule has 0 radical (unpaired) electrons. The minimum absolute atomic E-state index is 0.0144. The van der Waals surface area contributed by atoms with E-state index < -0.39 is 0 Å². The van der Waals surface area contributed by atoms with Crippen molar-refractivity contribution in [3.05, 3.63) is 23.9 Å². The molecule has 18 heavy (non-hydrogen) atoms. The number of aryl methyl sites for hydroxylation is 1. The molecule has 1 aliphatic rings. The van der Waals surface area contributed by atoms with Crippen molar-refractivity contribution < 1.29 is 9.53 Å². The Labute approximate surface area is 108 Å². The molecule has 1 aromatic rings. The molecule has 2 heterocycles. The first kappa shape index (κ1) is 13.0. The number of anilines is 1. The molecular weight excluding hydrogens is 228 g/mol. The minimum Gasteiger partial charge on any atom is -0.378 e. The summed E-state index contributed by atoms with van der Waals surface area (Å²) in [6.45, 7) is 2.81. The van der Waals surface area contributed by atoms with Gasteiger partial charge < -0.3 is 10.1 Å². The Kier molecular flexibility index (Phi) is 4.70. The van der Waals surface area contributed by atoms with Crippen LogP contribution in [0.15, 0.2) is 18.3 Å². The second-order valence-electron chi connectivity index (χ2n) is 4.80. The molecule has 0 aromatic carbocycles. The molecule has 0 saturated carbocycles. The van der Waals surface area contributed by atoms with E-state index in [2.05, 4.69) is 10.3 Å². The Morgan fingerprint density at radius 1 is 1.50 bits per heavy atom. The molecule has 0 bridgehead atoms. The van der Waals surface area contributed by atoms with Crippen molar-refractivity contribution in [2.75, 3.05) is 11.9 Å². The highest BCUT2D eigenvalue weighted by molar-refractivity contribution is 5.89. The first-order valence-corrected chi connectivity index (χ1v) is 6.58. The highest BCUT2D eigenvalue weighted by atomic mass is 16.5. The molecule has 1 unspecified atom stereocenters. The highest BCUT2D eigenvalue weighted by Crippen LogP contribution is 2.17. The average Bonchev–Trinajstić information content (AvgIpc) is 2.40. The van der Waals surface area contributed by atoms with Crippen molar-refractivity contribution in [3.8, 4) is 0 Å². The van der Waals surface area contributed by atoms with Gasteiger partial charge in [-0.3, -0.25) is 4.79 Å². The van der Waals surface area contributed by atoms with E-state index in [0.717, 1.165) is 31.4 Å². The SMILES string of the molecule is Cc1ccc(NC(=O)CCC2CCCCO2)nc1. The smallest absolute Gasteiger partial charge is 0.225 e. The molecular formula is C14H20N2O2. The van der Waals surface area contributed by atoms with Crippen LogP contribution in [0.3, 0.4) is 0 Å². The lowest BCUT2D eigenvalue weighted by molar-refractivity contribution is -0.117. The van der Waals surface area contributed by atoms with E-state index in [4.69, 9.17) is 4.74 Å². The Bertz CT molecular complexity index is 383. The number of hydrogen-bond donors (Lipinski definition) is 1. The molecule has 1 N–H and O–H groups in total. The van der Waals surface area contributed by atoms with Gasteiger partial charge in [0.25, 0.3) is 0 Å². The summed E-state index contributed by atoms with van der Waals surface area (Å²) in [7, 11) is 0. The van der Waals surface area contributed by atoms with E-state index in [1.165, 1.54) is 6.42 Å². The van der Waals surface area contributed by atoms with Crippen LogP contribution < -0.4 is 5.32 Å². The Morgan fingerprint density at radius 2 is 2.39 bits per heavy atom. The van der Waals surface area contributed by atoms with Gasteiger partial charge in [-0.25, -0.2) is 4.98 Å². The molecule has 2 rings (SSSR count). The predicted molar refractivity (Wildman–Crippen MR) is 70.4 cm³/mol. The second kappa shape index (κ2) is 6.50. The van der Waals surface area contributed by atoms with Crippen molar-refractivity contribution >= 4 is 11.7 Å². The van der Waals surface area contributed by atoms with Crippen molar-refractivity contribution in [1.29, 1.82) is 0 Å². The summed E-state index contributed by atoms with van der Waals surface area (Å²) < 4.78 is 5.60. The van der Waals surface area contributed by atoms with Gasteiger partial charge in [-0.15, -0.1) is 0 Å². The minimum atomic E-state index is 0.0144. The molecule has 1 aromatic heterocycles. The highest BCUT2D eigenvalue weighted by Gasteiger charge is 2.15. The second-order valence-corrected chi connectivity index (χ2v) is 4.80. The number of hydrogen-bond acceptors (Lipinski definition) is 3. The van der Waals surface area contributed by atoms with E-state index in [9.17, 15) is 4.79 Å². The Hall–Kier alpha value is -1.42. The first-order valence-electron chi connectivity index (χ1n) is 6.58. The lowest BCUT2D eigenvalue weighted by Crippen LogP contribution is -2.22. The molecule has 0 spiro atoms. The number of carbonyl (C=O) groups excluding carboxylic acids is 1. The van der Waals surface area contributed by atoms with E-state index in [1.807, 2.05) is 19.1 Å². The maximum Gasteiger partial charge on any atom is 0.225 e. The molecule has 1 saturated heterocycles. The van der Waals surface area contributed by atoms with Gasteiger partial charge in [0.15, 0.2) is 0 Å². The number of pyridine rings is 1. The number of aromatic nitrogens is 1. The van der Waals surface area contributed by atoms with Crippen LogP contribution in [0.2, 0.25) is 0 Å². The molecule has 1 amide bonds. The van der Waals surface area contributed by atoms with Crippen LogP contribution in [0, 0.1) is 6.92 Å². The zero-order chi connectivity index (χ0) is 12.8. The van der Waals surface area contributed by atoms with E-state index >= 15 is 0 Å². The fourth-order valence-electron chi connectivity index (χ4n) is 2.07. The van der Waals surface area contributed by atoms with Gasteiger partial charge in [0, 0.05) is 19.2 Å². The normalized spacial score (nSPS) is 19.5. The van der Waals surface area contributed by atoms with Crippen LogP contribution in [-0.4, -0.2) is 23.6 Å². The molecule has 1 atom stereocenters. The van der Waals surface area contributed by atoms with Gasteiger partial charge in [-0.2, -0.15) is 0 Å². The summed E-state index contributed by atoms with van der Waals surface area (Å²) in [5.74, 6) is 0.635. The van der Waals surface area contributed by atoms with E-state index in [-0.39, 0.29) is 12.0 Å². The third kappa shape index (κ3) is 4.11. The van der Waals surface area contributed by atoms with Crippen LogP contribution >= 0.6 is 0 Å². The van der Waals surface area contributed by atoms with Crippen LogP contribution in [0.4, 0.5) is 5.82 Å². The fraction of sp³-hybridized carbons (Fsp3) is 0.571. The maximum absolute atomic E-state index is 11.7. The van der Waals surface area contributed by atoms with Crippen molar-refractivity contribution in [3.63, 3.8) is 0 Å². The topological polar surface area (TPSA) is 51.2 Å². The molecule has 1 fully saturated rings. The van der Waals surface area contributed by atoms with Crippen LogP contribution in [0.5, 0.6) is 0 Å². The van der Waals surface area contributed by atoms with Gasteiger partial charge in [-0.05, 0) is 44.2 Å². The van der Waals surface area contributed by atoms with E-state index in [1.54, 1.807) is 6.20 Å². The largest absolute Gasteiger partial charge is 0.378 e. The van der Waals surface area contributed by atoms with Crippen molar-refractivity contribution in [1.82, 2.24) is 4.98 Å². The lowest BCUT2D eigenvalue weighted by Gasteiger charge is -2.22. The summed E-state index contributed by atoms with van der Waals surface area (Å²) in [5, 5.41) is 2.80. The van der Waals surface area contributed by atoms with Gasteiger partial charge >= 0.3 is 0 Å². The van der Waals surface area contributed by atoms with Gasteiger partial charge in [-0.1, -0.05) is 6.07 Å². The summed E-state index contributed by atoms with van der Waals surface area (Å²) in [6.07, 6.45) is 6.76. The number of carbonyl (C=O) groups is 1. The predicted octanol–water partition coefficient (Wildman–Crippen LogP) is 2.68. The Balaban J connectivity index is 1.73. The molecule has 4 heteroatoms. The fourth-order valence-corrected chi connectivity index (χ4v) is 2.07. The number of ether oxygens (including phenoxy) is 1. The van der Waals surface area contributed by atoms with E-state index in [0.29, 0.717) is 12.2 Å². The van der Waals surface area contributed by atoms with Crippen molar-refractivity contribution in [2.24, 2.45) is 0 Å². The van der Waals surface area contributed by atoms with Gasteiger partial charge in [0.2, 0.25) is 5.91 Å². The molecule has 4 nitrogen and oxygen atoms in total. The molecule has 1 aliphatic heterocycles. The van der Waals surface area contributed by atoms with Crippen LogP contribution in [-0.2, 0) is 9.53 Å². The zero-order valence-electron chi connectivity index (χ0n) is 10.8. The monoisotopic (exact) mass is 248 g/mol. The van der Waals surface area contributed by atoms with Crippen LogP contribution in [0.1, 0.15) is 37.7 Å². The summed E-state index contributed by atoms with van der Waals surface area (Å²) in [6, 6.07) is 3.76. The third-order valence-corrected chi connectivity index (χ3v) is 3.15. The molecule has 98 valence electrons. The first-order chi connectivity index (χ1) is 8.74. The summed E-state index contributed by atoms with van der Waals surface area (Å²) in [4.78, 5) is 15.9. The van der Waals surface area contributed by atoms with Gasteiger partial charge in [0.05, 0.1) is 6.10 Å². The number of amides is 1. The van der Waals surface area contributed by atoms with Crippen molar-refractivity contribution in [2.45, 2.75) is 45.1 Å². The Morgan fingerprint density at radius 3 is 3.06 bits per heavy atom. The maximum atomic E-state index is 11.7. The zero-order valence-corrected chi connectivity index (χ0v) is 10.8. The van der Waals surface area contributed by atoms with Gasteiger partial charge in [0.1, 0.15) is 5.82 Å². The number of nitrogens with one attached hydrogen (secondary N) is 1. The van der Waals surface area contributed by atoms with Crippen LogP contribution in [0.25, 0.3) is 0 Å². The summed E-state index contributed by atoms with van der Waals surface area (Å²) >= 11 is 0. The summed E-state index contributed by atoms with van der Waals surface area (Å²) in [5.41, 5.74) is 1.09. The lowest BCUT2D eigenvalue weighted by atomic mass is 10.0.